The third kappa shape index (κ3) is 3.44. The van der Waals surface area contributed by atoms with Crippen LogP contribution in [-0.4, -0.2) is 0 Å². The second-order valence-corrected chi connectivity index (χ2v) is 10.9. The number of nitriles is 1. The maximum Gasteiger partial charge on any atom is 0.0991 e. The van der Waals surface area contributed by atoms with Crippen molar-refractivity contribution >= 4 is 29.2 Å². The van der Waals surface area contributed by atoms with Gasteiger partial charge in [0.25, 0.3) is 0 Å². The summed E-state index contributed by atoms with van der Waals surface area (Å²) in [5.74, 6) is 0. The van der Waals surface area contributed by atoms with Crippen LogP contribution in [-0.2, 0) is 5.41 Å². The van der Waals surface area contributed by atoms with Gasteiger partial charge in [0.15, 0.2) is 0 Å². The van der Waals surface area contributed by atoms with Crippen LogP contribution >= 0.6 is 0 Å². The monoisotopic (exact) mass is 534 g/mol. The fourth-order valence-electron chi connectivity index (χ4n) is 6.99. The minimum atomic E-state index is -0.594. The van der Waals surface area contributed by atoms with Gasteiger partial charge < -0.3 is 4.90 Å². The maximum absolute atomic E-state index is 10.0. The molecule has 2 heteroatoms. The van der Waals surface area contributed by atoms with Crippen molar-refractivity contribution < 1.29 is 0 Å². The topological polar surface area (TPSA) is 27.0 Å². The van der Waals surface area contributed by atoms with Crippen LogP contribution in [0, 0.1) is 11.3 Å². The van der Waals surface area contributed by atoms with Crippen molar-refractivity contribution in [3.63, 3.8) is 0 Å². The molecule has 0 unspecified atom stereocenters. The fourth-order valence-corrected chi connectivity index (χ4v) is 6.99. The van der Waals surface area contributed by atoms with E-state index in [1.165, 1.54) is 33.4 Å². The summed E-state index contributed by atoms with van der Waals surface area (Å²) in [4.78, 5) is 2.32. The van der Waals surface area contributed by atoms with Crippen molar-refractivity contribution in [2.75, 3.05) is 4.90 Å². The summed E-state index contributed by atoms with van der Waals surface area (Å²) in [6.07, 6.45) is 4.44. The summed E-state index contributed by atoms with van der Waals surface area (Å²) < 4.78 is 0. The summed E-state index contributed by atoms with van der Waals surface area (Å²) >= 11 is 0. The van der Waals surface area contributed by atoms with Gasteiger partial charge in [-0.3, -0.25) is 0 Å². The Morgan fingerprint density at radius 2 is 0.952 bits per heavy atom. The van der Waals surface area contributed by atoms with Crippen molar-refractivity contribution in [2.24, 2.45) is 0 Å². The van der Waals surface area contributed by atoms with Gasteiger partial charge in [0.1, 0.15) is 0 Å². The van der Waals surface area contributed by atoms with Crippen molar-refractivity contribution in [1.82, 2.24) is 0 Å². The molecule has 0 aromatic heterocycles. The predicted octanol–water partition coefficient (Wildman–Crippen LogP) is 9.87. The zero-order valence-electron chi connectivity index (χ0n) is 22.9. The number of hydrogen-bond acceptors (Lipinski definition) is 2. The van der Waals surface area contributed by atoms with Crippen LogP contribution in [0.5, 0.6) is 0 Å². The third-order valence-electron chi connectivity index (χ3n) is 8.71. The van der Waals surface area contributed by atoms with Gasteiger partial charge in [0.05, 0.1) is 17.0 Å². The van der Waals surface area contributed by atoms with Crippen LogP contribution in [0.4, 0.5) is 17.1 Å². The highest BCUT2D eigenvalue weighted by Crippen LogP contribution is 2.59. The van der Waals surface area contributed by atoms with Crippen LogP contribution in [0.15, 0.2) is 146 Å². The fraction of sp³-hybridized carbons (Fsp3) is 0.0250. The number of para-hydroxylation sites is 2. The molecule has 0 bridgehead atoms. The lowest BCUT2D eigenvalue weighted by molar-refractivity contribution is 0.766. The van der Waals surface area contributed by atoms with E-state index >= 15 is 0 Å². The number of hydrogen-bond donors (Lipinski definition) is 0. The Bertz CT molecular complexity index is 1960. The molecule has 2 aliphatic rings. The molecule has 6 aromatic rings. The van der Waals surface area contributed by atoms with E-state index in [2.05, 4.69) is 163 Å². The van der Waals surface area contributed by atoms with Crippen molar-refractivity contribution in [1.29, 1.82) is 5.26 Å². The van der Waals surface area contributed by atoms with E-state index in [0.29, 0.717) is 5.56 Å². The summed E-state index contributed by atoms with van der Waals surface area (Å²) in [7, 11) is 0. The highest BCUT2D eigenvalue weighted by molar-refractivity contribution is 5.92. The minimum Gasteiger partial charge on any atom is -0.310 e. The maximum atomic E-state index is 10.0. The van der Waals surface area contributed by atoms with E-state index in [4.69, 9.17) is 0 Å². The Balaban J connectivity index is 1.49. The largest absolute Gasteiger partial charge is 0.310 e. The molecule has 6 aromatic carbocycles. The van der Waals surface area contributed by atoms with Gasteiger partial charge in [0.2, 0.25) is 0 Å². The molecule has 0 radical (unpaired) electrons. The SMILES string of the molecule is N#Cc1ccc2c(c1)C1(c3cc(N(c4ccccc4)c4ccccc4)ccc3C=C2)c2ccccc2-c2ccccc21. The van der Waals surface area contributed by atoms with E-state index in [1.807, 2.05) is 6.07 Å². The van der Waals surface area contributed by atoms with E-state index in [-0.39, 0.29) is 0 Å². The standard InChI is InChI=1S/C40H26N2/c41-27-28-19-20-29-21-22-30-23-24-33(42(31-11-3-1-4-12-31)32-13-5-2-6-14-32)26-39(30)40(38(29)25-28)36-17-9-7-15-34(36)35-16-8-10-18-37(35)40/h1-26H. The predicted molar refractivity (Wildman–Crippen MR) is 172 cm³/mol. The molecule has 196 valence electrons. The van der Waals surface area contributed by atoms with Gasteiger partial charge in [0, 0.05) is 17.1 Å². The van der Waals surface area contributed by atoms with Crippen molar-refractivity contribution in [3.05, 3.63) is 185 Å². The molecule has 0 aliphatic heterocycles. The van der Waals surface area contributed by atoms with Crippen LogP contribution < -0.4 is 4.90 Å². The molecule has 2 aliphatic carbocycles. The smallest absolute Gasteiger partial charge is 0.0991 e. The van der Waals surface area contributed by atoms with Gasteiger partial charge in [-0.25, -0.2) is 0 Å². The van der Waals surface area contributed by atoms with E-state index in [1.54, 1.807) is 0 Å². The molecule has 8 rings (SSSR count). The Morgan fingerprint density at radius 1 is 0.452 bits per heavy atom. The average Bonchev–Trinajstić information content (AvgIpc) is 3.27. The highest BCUT2D eigenvalue weighted by atomic mass is 15.1. The summed E-state index contributed by atoms with van der Waals surface area (Å²) in [6, 6.07) is 54.0. The first-order chi connectivity index (χ1) is 20.8. The van der Waals surface area contributed by atoms with Gasteiger partial charge in [-0.2, -0.15) is 5.26 Å². The Kier molecular flexibility index (Phi) is 5.45. The van der Waals surface area contributed by atoms with Gasteiger partial charge in [-0.1, -0.05) is 109 Å². The first-order valence-electron chi connectivity index (χ1n) is 14.3. The molecule has 1 spiro atoms. The molecular weight excluding hydrogens is 508 g/mol. The van der Waals surface area contributed by atoms with Gasteiger partial charge in [-0.05, 0) is 93.0 Å². The zero-order chi connectivity index (χ0) is 28.1. The normalized spacial score (nSPS) is 13.3. The molecule has 0 saturated heterocycles. The van der Waals surface area contributed by atoms with Crippen LogP contribution in [0.3, 0.4) is 0 Å². The Hall–Kier alpha value is -5.65. The van der Waals surface area contributed by atoms with Gasteiger partial charge >= 0.3 is 0 Å². The third-order valence-corrected chi connectivity index (χ3v) is 8.71. The first kappa shape index (κ1) is 24.2. The van der Waals surface area contributed by atoms with Crippen molar-refractivity contribution in [3.8, 4) is 17.2 Å². The number of benzene rings is 6. The number of anilines is 3. The number of fused-ring (bicyclic) bond motifs is 9. The second kappa shape index (κ2) is 9.47. The minimum absolute atomic E-state index is 0.594. The van der Waals surface area contributed by atoms with E-state index in [0.717, 1.165) is 28.2 Å². The number of rotatable bonds is 3. The summed E-state index contributed by atoms with van der Waals surface area (Å²) in [6.45, 7) is 0. The molecule has 0 heterocycles. The molecule has 0 atom stereocenters. The Morgan fingerprint density at radius 3 is 1.52 bits per heavy atom. The van der Waals surface area contributed by atoms with Crippen molar-refractivity contribution in [2.45, 2.75) is 5.41 Å². The van der Waals surface area contributed by atoms with Crippen LogP contribution in [0.25, 0.3) is 23.3 Å². The van der Waals surface area contributed by atoms with Gasteiger partial charge in [-0.15, -0.1) is 0 Å². The van der Waals surface area contributed by atoms with Crippen LogP contribution in [0.1, 0.15) is 38.9 Å². The molecule has 42 heavy (non-hydrogen) atoms. The lowest BCUT2D eigenvalue weighted by Gasteiger charge is -2.36. The number of nitrogens with zero attached hydrogens (tertiary/aromatic N) is 2. The lowest BCUT2D eigenvalue weighted by atomic mass is 9.65. The lowest BCUT2D eigenvalue weighted by Crippen LogP contribution is -2.30. The molecule has 2 nitrogen and oxygen atoms in total. The molecule has 0 fully saturated rings. The first-order valence-corrected chi connectivity index (χ1v) is 14.3. The van der Waals surface area contributed by atoms with Crippen LogP contribution in [0.2, 0.25) is 0 Å². The van der Waals surface area contributed by atoms with E-state index < -0.39 is 5.41 Å². The molecular formula is C40H26N2. The Labute approximate surface area is 246 Å². The van der Waals surface area contributed by atoms with E-state index in [9.17, 15) is 5.26 Å². The molecule has 0 amide bonds. The highest BCUT2D eigenvalue weighted by Gasteiger charge is 2.48. The second-order valence-electron chi connectivity index (χ2n) is 10.9. The summed E-state index contributed by atoms with van der Waals surface area (Å²) in [5, 5.41) is 10.0. The summed E-state index contributed by atoms with van der Waals surface area (Å²) in [5.41, 5.74) is 13.0. The molecule has 0 saturated carbocycles. The molecule has 0 N–H and O–H groups in total. The average molecular weight is 535 g/mol. The quantitative estimate of drug-likeness (QED) is 0.226. The zero-order valence-corrected chi connectivity index (χ0v) is 22.9.